The van der Waals surface area contributed by atoms with E-state index in [2.05, 4.69) is 57.0 Å². The lowest BCUT2D eigenvalue weighted by molar-refractivity contribution is 0.753. The normalized spacial score (nSPS) is 19.1. The summed E-state index contributed by atoms with van der Waals surface area (Å²) in [6.07, 6.45) is 3.11. The Bertz CT molecular complexity index is 919. The zero-order valence-electron chi connectivity index (χ0n) is 14.9. The number of nitrogens with one attached hydrogen (secondary N) is 2. The van der Waals surface area contributed by atoms with Crippen LogP contribution in [0.1, 0.15) is 29.3 Å². The number of rotatable bonds is 4. The summed E-state index contributed by atoms with van der Waals surface area (Å²) in [4.78, 5) is 4.34. The zero-order chi connectivity index (χ0) is 17.2. The van der Waals surface area contributed by atoms with Crippen molar-refractivity contribution in [1.29, 1.82) is 0 Å². The molecule has 4 rings (SSSR count). The van der Waals surface area contributed by atoms with Gasteiger partial charge in [-0.3, -0.25) is 9.39 Å². The van der Waals surface area contributed by atoms with E-state index in [1.165, 1.54) is 11.1 Å². The van der Waals surface area contributed by atoms with Crippen LogP contribution in [0.5, 0.6) is 0 Å². The van der Waals surface area contributed by atoms with Crippen molar-refractivity contribution < 1.29 is 0 Å². The van der Waals surface area contributed by atoms with Gasteiger partial charge in [0.25, 0.3) is 0 Å². The number of aliphatic imine (C=N–C) groups is 1. The fourth-order valence-electron chi connectivity index (χ4n) is 3.25. The van der Waals surface area contributed by atoms with Gasteiger partial charge in [-0.15, -0.1) is 34.2 Å². The first-order valence-corrected chi connectivity index (χ1v) is 8.57. The van der Waals surface area contributed by atoms with Crippen LogP contribution in [-0.4, -0.2) is 33.6 Å². The molecule has 1 aliphatic carbocycles. The van der Waals surface area contributed by atoms with Crippen LogP contribution in [0.25, 0.3) is 5.65 Å². The van der Waals surface area contributed by atoms with Gasteiger partial charge in [-0.2, -0.15) is 0 Å². The van der Waals surface area contributed by atoms with Crippen molar-refractivity contribution >= 4 is 35.6 Å². The van der Waals surface area contributed by atoms with E-state index >= 15 is 0 Å². The Hall–Kier alpha value is -2.16. The van der Waals surface area contributed by atoms with E-state index in [0.29, 0.717) is 18.5 Å². The van der Waals surface area contributed by atoms with Gasteiger partial charge in [-0.1, -0.05) is 30.3 Å². The van der Waals surface area contributed by atoms with Gasteiger partial charge < -0.3 is 10.6 Å². The summed E-state index contributed by atoms with van der Waals surface area (Å²) in [5.74, 6) is 2.23. The molecule has 136 valence electrons. The Morgan fingerprint density at radius 2 is 2.00 bits per heavy atom. The van der Waals surface area contributed by atoms with E-state index in [1.54, 1.807) is 7.05 Å². The number of nitrogens with zero attached hydrogens (tertiary/aromatic N) is 4. The summed E-state index contributed by atoms with van der Waals surface area (Å²) < 4.78 is 1.98. The number of fused-ring (bicyclic) bond motifs is 1. The van der Waals surface area contributed by atoms with Crippen molar-refractivity contribution in [2.45, 2.75) is 31.8 Å². The third-order valence-electron chi connectivity index (χ3n) is 4.72. The second kappa shape index (κ2) is 8.03. The molecule has 1 aromatic carbocycles. The molecule has 0 saturated heterocycles. The lowest BCUT2D eigenvalue weighted by atomic mass is 10.0. The van der Waals surface area contributed by atoms with Crippen LogP contribution in [0.15, 0.2) is 53.7 Å². The molecule has 6 nitrogen and oxygen atoms in total. The largest absolute Gasteiger partial charge is 0.353 e. The molecule has 26 heavy (non-hydrogen) atoms. The average Bonchev–Trinajstić information content (AvgIpc) is 3.28. The molecule has 1 saturated carbocycles. The smallest absolute Gasteiger partial charge is 0.191 e. The predicted molar refractivity (Wildman–Crippen MR) is 114 cm³/mol. The first kappa shape index (κ1) is 18.6. The molecule has 2 atom stereocenters. The lowest BCUT2D eigenvalue weighted by Gasteiger charge is -2.12. The Morgan fingerprint density at radius 3 is 2.81 bits per heavy atom. The quantitative estimate of drug-likeness (QED) is 0.356. The van der Waals surface area contributed by atoms with Gasteiger partial charge in [-0.05, 0) is 36.6 Å². The summed E-state index contributed by atoms with van der Waals surface area (Å²) >= 11 is 0. The van der Waals surface area contributed by atoms with E-state index in [1.807, 2.05) is 28.8 Å². The molecular weight excluding hydrogens is 439 g/mol. The third-order valence-corrected chi connectivity index (χ3v) is 4.72. The van der Waals surface area contributed by atoms with Crippen LogP contribution in [-0.2, 0) is 6.54 Å². The van der Waals surface area contributed by atoms with Gasteiger partial charge in [0.2, 0.25) is 0 Å². The van der Waals surface area contributed by atoms with Crippen LogP contribution >= 0.6 is 24.0 Å². The van der Waals surface area contributed by atoms with Crippen LogP contribution in [0.2, 0.25) is 0 Å². The average molecular weight is 462 g/mol. The van der Waals surface area contributed by atoms with E-state index in [9.17, 15) is 0 Å². The second-order valence-corrected chi connectivity index (χ2v) is 6.42. The molecule has 2 N–H and O–H groups in total. The molecule has 0 aliphatic heterocycles. The number of hydrogen-bond acceptors (Lipinski definition) is 3. The highest BCUT2D eigenvalue weighted by Crippen LogP contribution is 2.41. The Balaban J connectivity index is 0.00000196. The Kier molecular flexibility index (Phi) is 5.75. The van der Waals surface area contributed by atoms with E-state index < -0.39 is 0 Å². The highest BCUT2D eigenvalue weighted by molar-refractivity contribution is 14.0. The third kappa shape index (κ3) is 3.82. The molecule has 2 unspecified atom stereocenters. The molecule has 1 aliphatic rings. The van der Waals surface area contributed by atoms with Gasteiger partial charge in [0, 0.05) is 25.2 Å². The molecule has 0 spiro atoms. The van der Waals surface area contributed by atoms with Crippen molar-refractivity contribution in [2.24, 2.45) is 4.99 Å². The first-order valence-electron chi connectivity index (χ1n) is 8.57. The number of hydrogen-bond donors (Lipinski definition) is 2. The van der Waals surface area contributed by atoms with Crippen molar-refractivity contribution in [1.82, 2.24) is 25.2 Å². The molecular formula is C19H23IN6. The predicted octanol–water partition coefficient (Wildman–Crippen LogP) is 2.88. The molecule has 1 fully saturated rings. The number of halogens is 1. The lowest BCUT2D eigenvalue weighted by Crippen LogP contribution is -2.39. The molecule has 0 bridgehead atoms. The van der Waals surface area contributed by atoms with Gasteiger partial charge in [0.1, 0.15) is 0 Å². The van der Waals surface area contributed by atoms with E-state index in [0.717, 1.165) is 23.9 Å². The van der Waals surface area contributed by atoms with Crippen LogP contribution in [0, 0.1) is 6.92 Å². The van der Waals surface area contributed by atoms with Crippen LogP contribution in [0.3, 0.4) is 0 Å². The first-order chi connectivity index (χ1) is 12.3. The minimum atomic E-state index is 0. The summed E-state index contributed by atoms with van der Waals surface area (Å²) in [5, 5.41) is 15.3. The fraction of sp³-hybridized carbons (Fsp3) is 0.316. The Labute approximate surface area is 170 Å². The Morgan fingerprint density at radius 1 is 1.19 bits per heavy atom. The molecule has 3 aromatic rings. The summed E-state index contributed by atoms with van der Waals surface area (Å²) in [6.45, 7) is 2.75. The SMILES string of the molecule is CN=C(NCc1nnc2ccccn12)NC1CC1c1ccccc1C.I. The minimum Gasteiger partial charge on any atom is -0.353 e. The highest BCUT2D eigenvalue weighted by Gasteiger charge is 2.39. The number of benzene rings is 1. The van der Waals surface area contributed by atoms with Crippen molar-refractivity contribution in [3.05, 3.63) is 65.6 Å². The van der Waals surface area contributed by atoms with Crippen molar-refractivity contribution in [2.75, 3.05) is 7.05 Å². The van der Waals surface area contributed by atoms with E-state index in [4.69, 9.17) is 0 Å². The fourth-order valence-corrected chi connectivity index (χ4v) is 3.25. The maximum Gasteiger partial charge on any atom is 0.191 e. The van der Waals surface area contributed by atoms with Gasteiger partial charge in [0.15, 0.2) is 17.4 Å². The monoisotopic (exact) mass is 462 g/mol. The minimum absolute atomic E-state index is 0. The highest BCUT2D eigenvalue weighted by atomic mass is 127. The topological polar surface area (TPSA) is 66.6 Å². The molecule has 0 amide bonds. The van der Waals surface area contributed by atoms with Crippen molar-refractivity contribution in [3.63, 3.8) is 0 Å². The van der Waals surface area contributed by atoms with Crippen LogP contribution in [0.4, 0.5) is 0 Å². The maximum absolute atomic E-state index is 4.34. The molecule has 2 aromatic heterocycles. The second-order valence-electron chi connectivity index (χ2n) is 6.42. The van der Waals surface area contributed by atoms with E-state index in [-0.39, 0.29) is 24.0 Å². The van der Waals surface area contributed by atoms with Crippen molar-refractivity contribution in [3.8, 4) is 0 Å². The van der Waals surface area contributed by atoms with Gasteiger partial charge >= 0.3 is 0 Å². The molecule has 0 radical (unpaired) electrons. The summed E-state index contributed by atoms with van der Waals surface area (Å²) in [5.41, 5.74) is 3.64. The number of guanidine groups is 1. The van der Waals surface area contributed by atoms with Crippen LogP contribution < -0.4 is 10.6 Å². The van der Waals surface area contributed by atoms with Gasteiger partial charge in [-0.25, -0.2) is 0 Å². The molecule has 7 heteroatoms. The maximum atomic E-state index is 4.34. The summed E-state index contributed by atoms with van der Waals surface area (Å²) in [7, 11) is 1.79. The number of aryl methyl sites for hydroxylation is 1. The number of pyridine rings is 1. The zero-order valence-corrected chi connectivity index (χ0v) is 17.2. The van der Waals surface area contributed by atoms with Gasteiger partial charge in [0.05, 0.1) is 6.54 Å². The molecule has 2 heterocycles. The standard InChI is InChI=1S/C19H22N6.HI/c1-13-7-3-4-8-14(13)15-11-16(15)22-19(20-2)21-12-18-24-23-17-9-5-6-10-25(17)18;/h3-10,15-16H,11-12H2,1-2H3,(H2,20,21,22);1H. The number of aromatic nitrogens is 3. The summed E-state index contributed by atoms with van der Waals surface area (Å²) in [6, 6.07) is 14.9.